The van der Waals surface area contributed by atoms with Gasteiger partial charge in [-0.15, -0.1) is 4.36 Å². The van der Waals surface area contributed by atoms with Gasteiger partial charge < -0.3 is 10.2 Å². The summed E-state index contributed by atoms with van der Waals surface area (Å²) in [5.41, 5.74) is 5.61. The van der Waals surface area contributed by atoms with Crippen molar-refractivity contribution in [3.05, 3.63) is 82.7 Å². The lowest BCUT2D eigenvalue weighted by Crippen LogP contribution is -2.19. The Balaban J connectivity index is 2.01. The van der Waals surface area contributed by atoms with Crippen molar-refractivity contribution in [1.82, 2.24) is 4.90 Å². The van der Waals surface area contributed by atoms with E-state index in [9.17, 15) is 13.4 Å². The van der Waals surface area contributed by atoms with Gasteiger partial charge in [0.1, 0.15) is 15.7 Å². The highest BCUT2D eigenvalue weighted by Gasteiger charge is 2.20. The summed E-state index contributed by atoms with van der Waals surface area (Å²) in [6.07, 6.45) is 0. The molecule has 6 nitrogen and oxygen atoms in total. The van der Waals surface area contributed by atoms with Gasteiger partial charge in [0.05, 0.1) is 4.90 Å². The maximum Gasteiger partial charge on any atom is 0.354 e. The summed E-state index contributed by atoms with van der Waals surface area (Å²) in [6, 6.07) is 15.3. The molecule has 3 rings (SSSR count). The number of halogens is 1. The van der Waals surface area contributed by atoms with Crippen LogP contribution in [0.25, 0.3) is 11.1 Å². The fourth-order valence-electron chi connectivity index (χ4n) is 4.14. The molecule has 0 aliphatic rings. The summed E-state index contributed by atoms with van der Waals surface area (Å²) in [4.78, 5) is 15.3. The molecule has 0 fully saturated rings. The standard InChI is InChI=1S/C29H37FN4O2S/c1-18(2)25-14-23(22-11-8-20(5)27(30)16-22)15-26(19(3)4)28(25)32-29(35)33-37(31,36)24-12-9-21(10-13-24)17-34(6)7/h8-16,18-19H,17H2,1-7H3,(H3,31,32,33,35,36). The molecular weight excluding hydrogens is 487 g/mol. The second-order valence-corrected chi connectivity index (χ2v) is 12.1. The summed E-state index contributed by atoms with van der Waals surface area (Å²) in [6.45, 7) is 10.5. The first-order valence-corrected chi connectivity index (χ1v) is 13.9. The zero-order chi connectivity index (χ0) is 27.5. The Kier molecular flexibility index (Phi) is 8.89. The van der Waals surface area contributed by atoms with Gasteiger partial charge in [-0.05, 0) is 96.6 Å². The lowest BCUT2D eigenvalue weighted by Gasteiger charge is -2.22. The van der Waals surface area contributed by atoms with Crippen LogP contribution in [-0.2, 0) is 16.5 Å². The molecular formula is C29H37FN4O2S. The van der Waals surface area contributed by atoms with Crippen molar-refractivity contribution in [2.24, 2.45) is 9.50 Å². The second-order valence-electron chi connectivity index (χ2n) is 10.3. The Bertz CT molecular complexity index is 1380. The van der Waals surface area contributed by atoms with Gasteiger partial charge in [0.15, 0.2) is 0 Å². The molecule has 0 saturated carbocycles. The van der Waals surface area contributed by atoms with E-state index in [1.54, 1.807) is 25.1 Å². The number of nitrogens with two attached hydrogens (primary N) is 1. The number of hydrogen-bond acceptors (Lipinski definition) is 3. The molecule has 3 aromatic carbocycles. The van der Waals surface area contributed by atoms with E-state index in [-0.39, 0.29) is 22.5 Å². The molecule has 3 aromatic rings. The van der Waals surface area contributed by atoms with Crippen LogP contribution in [0.1, 0.15) is 61.8 Å². The van der Waals surface area contributed by atoms with E-state index < -0.39 is 15.9 Å². The van der Waals surface area contributed by atoms with Crippen LogP contribution in [0, 0.1) is 12.7 Å². The van der Waals surface area contributed by atoms with Crippen molar-refractivity contribution in [2.75, 3.05) is 19.4 Å². The number of rotatable bonds is 7. The fraction of sp³-hybridized carbons (Fsp3) is 0.345. The van der Waals surface area contributed by atoms with Crippen molar-refractivity contribution in [3.63, 3.8) is 0 Å². The third-order valence-corrected chi connectivity index (χ3v) is 7.54. The number of benzene rings is 3. The van der Waals surface area contributed by atoms with Crippen molar-refractivity contribution in [2.45, 2.75) is 57.9 Å². The van der Waals surface area contributed by atoms with E-state index >= 15 is 0 Å². The Morgan fingerprint density at radius 2 is 1.54 bits per heavy atom. The summed E-state index contributed by atoms with van der Waals surface area (Å²) < 4.78 is 31.3. The maximum atomic E-state index is 14.3. The van der Waals surface area contributed by atoms with Crippen molar-refractivity contribution in [3.8, 4) is 11.1 Å². The van der Waals surface area contributed by atoms with Crippen molar-refractivity contribution < 1.29 is 13.4 Å². The number of carbonyl (C=O) groups excluding carboxylic acids is 1. The van der Waals surface area contributed by atoms with Crippen LogP contribution in [0.2, 0.25) is 0 Å². The smallest absolute Gasteiger partial charge is 0.305 e. The van der Waals surface area contributed by atoms with Gasteiger partial charge >= 0.3 is 6.03 Å². The Labute approximate surface area is 220 Å². The highest BCUT2D eigenvalue weighted by molar-refractivity contribution is 7.91. The van der Waals surface area contributed by atoms with Crippen LogP contribution in [0.4, 0.5) is 14.9 Å². The summed E-state index contributed by atoms with van der Waals surface area (Å²) in [5.74, 6) is -0.164. The number of anilines is 1. The summed E-state index contributed by atoms with van der Waals surface area (Å²) in [5, 5.41) is 8.88. The number of aryl methyl sites for hydroxylation is 1. The monoisotopic (exact) mass is 524 g/mol. The van der Waals surface area contributed by atoms with E-state index in [2.05, 4.69) is 9.68 Å². The lowest BCUT2D eigenvalue weighted by atomic mass is 9.88. The molecule has 8 heteroatoms. The summed E-state index contributed by atoms with van der Waals surface area (Å²) >= 11 is 0. The number of carbonyl (C=O) groups is 1. The molecule has 0 spiro atoms. The molecule has 1 unspecified atom stereocenters. The highest BCUT2D eigenvalue weighted by Crippen LogP contribution is 2.37. The minimum atomic E-state index is -3.44. The lowest BCUT2D eigenvalue weighted by molar-refractivity contribution is 0.260. The topological polar surface area (TPSA) is 87.8 Å². The highest BCUT2D eigenvalue weighted by atomic mass is 32.2. The molecule has 1 atom stereocenters. The average molecular weight is 525 g/mol. The first-order chi connectivity index (χ1) is 17.3. The molecule has 198 valence electrons. The van der Waals surface area contributed by atoms with Gasteiger partial charge in [-0.1, -0.05) is 52.0 Å². The van der Waals surface area contributed by atoms with Gasteiger partial charge in [-0.3, -0.25) is 0 Å². The Morgan fingerprint density at radius 1 is 0.973 bits per heavy atom. The van der Waals surface area contributed by atoms with Gasteiger partial charge in [-0.25, -0.2) is 18.5 Å². The number of nitrogens with zero attached hydrogens (tertiary/aromatic N) is 2. The average Bonchev–Trinajstić information content (AvgIpc) is 2.80. The summed E-state index contributed by atoms with van der Waals surface area (Å²) in [7, 11) is 0.477. The first-order valence-electron chi connectivity index (χ1n) is 12.3. The Morgan fingerprint density at radius 3 is 2.03 bits per heavy atom. The van der Waals surface area contributed by atoms with E-state index in [0.717, 1.165) is 34.4 Å². The van der Waals surface area contributed by atoms with Gasteiger partial charge in [0.25, 0.3) is 0 Å². The molecule has 0 bridgehead atoms. The van der Waals surface area contributed by atoms with E-state index in [1.165, 1.54) is 6.07 Å². The van der Waals surface area contributed by atoms with Crippen LogP contribution in [0.5, 0.6) is 0 Å². The number of amides is 2. The zero-order valence-electron chi connectivity index (χ0n) is 22.6. The molecule has 0 radical (unpaired) electrons. The first kappa shape index (κ1) is 28.5. The van der Waals surface area contributed by atoms with Crippen molar-refractivity contribution >= 4 is 21.6 Å². The molecule has 0 saturated heterocycles. The molecule has 0 heterocycles. The zero-order valence-corrected chi connectivity index (χ0v) is 23.4. The Hall–Kier alpha value is -3.07. The fourth-order valence-corrected chi connectivity index (χ4v) is 5.07. The van der Waals surface area contributed by atoms with Crippen molar-refractivity contribution in [1.29, 1.82) is 0 Å². The van der Waals surface area contributed by atoms with E-state index in [0.29, 0.717) is 11.3 Å². The van der Waals surface area contributed by atoms with Gasteiger partial charge in [0.2, 0.25) is 0 Å². The molecule has 0 aliphatic heterocycles. The van der Waals surface area contributed by atoms with Gasteiger partial charge in [0, 0.05) is 12.2 Å². The minimum Gasteiger partial charge on any atom is -0.305 e. The number of hydrogen-bond donors (Lipinski definition) is 2. The number of nitrogens with one attached hydrogen (secondary N) is 1. The largest absolute Gasteiger partial charge is 0.354 e. The molecule has 0 aliphatic carbocycles. The number of urea groups is 1. The van der Waals surface area contributed by atoms with E-state index in [1.807, 2.05) is 77.0 Å². The van der Waals surface area contributed by atoms with E-state index in [4.69, 9.17) is 5.14 Å². The third kappa shape index (κ3) is 7.03. The molecule has 2 amide bonds. The normalized spacial score (nSPS) is 13.2. The second kappa shape index (κ2) is 11.5. The molecule has 3 N–H and O–H groups in total. The van der Waals surface area contributed by atoms with Crippen LogP contribution in [0.3, 0.4) is 0 Å². The minimum absolute atomic E-state index is 0.0505. The quantitative estimate of drug-likeness (QED) is 0.347. The maximum absolute atomic E-state index is 14.3. The van der Waals surface area contributed by atoms with Gasteiger partial charge in [-0.2, -0.15) is 0 Å². The third-order valence-electron chi connectivity index (χ3n) is 6.16. The SMILES string of the molecule is Cc1ccc(-c2cc(C(C)C)c(NC(=O)N=S(N)(=O)c3ccc(CN(C)C)cc3)c(C(C)C)c2)cc1F. The predicted octanol–water partition coefficient (Wildman–Crippen LogP) is 7.04. The molecule has 0 aromatic heterocycles. The van der Waals surface area contributed by atoms with Crippen LogP contribution in [-0.4, -0.2) is 29.2 Å². The van der Waals surface area contributed by atoms with Crippen LogP contribution in [0.15, 0.2) is 63.9 Å². The predicted molar refractivity (Wildman–Crippen MR) is 151 cm³/mol. The van der Waals surface area contributed by atoms with Crippen LogP contribution < -0.4 is 10.5 Å². The molecule has 37 heavy (non-hydrogen) atoms. The van der Waals surface area contributed by atoms with Crippen LogP contribution >= 0.6 is 0 Å².